The summed E-state index contributed by atoms with van der Waals surface area (Å²) in [6.45, 7) is 1.28. The Kier molecular flexibility index (Phi) is 7.19. The number of carbonyl (C=O) groups is 3. The molecule has 0 aliphatic carbocycles. The SMILES string of the molecule is O=C(CC(c1ccccc1)c1ccccc1)OCC(=O)N1CCN(C(=O)c2ccco2)CC1. The molecule has 1 aromatic heterocycles. The molecule has 1 aliphatic rings. The molecule has 3 aromatic rings. The van der Waals surface area contributed by atoms with Crippen molar-refractivity contribution >= 4 is 17.8 Å². The van der Waals surface area contributed by atoms with Crippen LogP contribution in [-0.4, -0.2) is 60.4 Å². The second kappa shape index (κ2) is 10.6. The fraction of sp³-hybridized carbons (Fsp3) is 0.269. The van der Waals surface area contributed by atoms with Crippen molar-refractivity contribution in [3.05, 3.63) is 95.9 Å². The fourth-order valence-electron chi connectivity index (χ4n) is 3.97. The van der Waals surface area contributed by atoms with Gasteiger partial charge in [0.25, 0.3) is 11.8 Å². The summed E-state index contributed by atoms with van der Waals surface area (Å²) < 4.78 is 10.5. The summed E-state index contributed by atoms with van der Waals surface area (Å²) in [7, 11) is 0. The minimum Gasteiger partial charge on any atom is -0.459 e. The largest absolute Gasteiger partial charge is 0.459 e. The number of rotatable bonds is 7. The molecule has 0 bridgehead atoms. The molecule has 4 rings (SSSR count). The van der Waals surface area contributed by atoms with E-state index in [1.54, 1.807) is 21.9 Å². The van der Waals surface area contributed by atoms with E-state index in [1.165, 1.54) is 6.26 Å². The number of benzene rings is 2. The molecule has 1 saturated heterocycles. The third kappa shape index (κ3) is 5.68. The summed E-state index contributed by atoms with van der Waals surface area (Å²) in [6.07, 6.45) is 1.61. The van der Waals surface area contributed by atoms with Gasteiger partial charge in [-0.15, -0.1) is 0 Å². The Labute approximate surface area is 192 Å². The second-order valence-electron chi connectivity index (χ2n) is 7.89. The summed E-state index contributed by atoms with van der Waals surface area (Å²) in [6, 6.07) is 22.9. The normalized spacial score (nSPS) is 13.7. The predicted molar refractivity (Wildman–Crippen MR) is 121 cm³/mol. The Balaban J connectivity index is 1.28. The lowest BCUT2D eigenvalue weighted by atomic mass is 9.89. The number of hydrogen-bond donors (Lipinski definition) is 0. The van der Waals surface area contributed by atoms with Crippen LogP contribution in [0.1, 0.15) is 34.0 Å². The fourth-order valence-corrected chi connectivity index (χ4v) is 3.97. The molecular weight excluding hydrogens is 420 g/mol. The van der Waals surface area contributed by atoms with Crippen molar-refractivity contribution in [2.45, 2.75) is 12.3 Å². The molecule has 0 atom stereocenters. The molecule has 0 N–H and O–H groups in total. The first-order chi connectivity index (χ1) is 16.1. The average molecular weight is 447 g/mol. The molecule has 7 heteroatoms. The third-order valence-electron chi connectivity index (χ3n) is 5.78. The van der Waals surface area contributed by atoms with Crippen LogP contribution in [0.3, 0.4) is 0 Å². The number of ether oxygens (including phenoxy) is 1. The van der Waals surface area contributed by atoms with E-state index in [9.17, 15) is 14.4 Å². The van der Waals surface area contributed by atoms with Crippen molar-refractivity contribution in [1.82, 2.24) is 9.80 Å². The summed E-state index contributed by atoms with van der Waals surface area (Å²) in [5.74, 6) is -0.732. The summed E-state index contributed by atoms with van der Waals surface area (Å²) in [5.41, 5.74) is 2.04. The van der Waals surface area contributed by atoms with Gasteiger partial charge in [-0.2, -0.15) is 0 Å². The van der Waals surface area contributed by atoms with Crippen LogP contribution in [0.5, 0.6) is 0 Å². The number of hydrogen-bond acceptors (Lipinski definition) is 5. The predicted octanol–water partition coefficient (Wildman–Crippen LogP) is 3.33. The van der Waals surface area contributed by atoms with Gasteiger partial charge in [-0.05, 0) is 23.3 Å². The highest BCUT2D eigenvalue weighted by Crippen LogP contribution is 2.28. The van der Waals surface area contributed by atoms with Crippen LogP contribution in [0.4, 0.5) is 0 Å². The van der Waals surface area contributed by atoms with Crippen LogP contribution in [0.2, 0.25) is 0 Å². The summed E-state index contributed by atoms with van der Waals surface area (Å²) in [4.78, 5) is 40.8. The van der Waals surface area contributed by atoms with E-state index in [0.29, 0.717) is 26.2 Å². The Bertz CT molecular complexity index is 1020. The highest BCUT2D eigenvalue weighted by atomic mass is 16.5. The van der Waals surface area contributed by atoms with Gasteiger partial charge in [0.2, 0.25) is 0 Å². The summed E-state index contributed by atoms with van der Waals surface area (Å²) in [5, 5.41) is 0. The monoisotopic (exact) mass is 446 g/mol. The minimum atomic E-state index is -0.423. The lowest BCUT2D eigenvalue weighted by molar-refractivity contribution is -0.152. The van der Waals surface area contributed by atoms with Crippen LogP contribution >= 0.6 is 0 Å². The number of nitrogens with zero attached hydrogens (tertiary/aromatic N) is 2. The van der Waals surface area contributed by atoms with E-state index in [-0.39, 0.29) is 36.5 Å². The Morgan fingerprint density at radius 2 is 1.36 bits per heavy atom. The first-order valence-corrected chi connectivity index (χ1v) is 11.0. The summed E-state index contributed by atoms with van der Waals surface area (Å²) >= 11 is 0. The number of furan rings is 1. The Hall–Kier alpha value is -3.87. The van der Waals surface area contributed by atoms with Gasteiger partial charge in [0, 0.05) is 32.1 Å². The molecule has 0 saturated carbocycles. The molecular formula is C26H26N2O5. The topological polar surface area (TPSA) is 80.1 Å². The van der Waals surface area contributed by atoms with Gasteiger partial charge in [0.05, 0.1) is 12.7 Å². The molecule has 1 aliphatic heterocycles. The molecule has 0 radical (unpaired) electrons. The molecule has 1 fully saturated rings. The van der Waals surface area contributed by atoms with Gasteiger partial charge in [-0.25, -0.2) is 0 Å². The van der Waals surface area contributed by atoms with Crippen molar-refractivity contribution in [3.63, 3.8) is 0 Å². The van der Waals surface area contributed by atoms with Gasteiger partial charge < -0.3 is 19.0 Å². The van der Waals surface area contributed by atoms with Crippen LogP contribution in [0.25, 0.3) is 0 Å². The lowest BCUT2D eigenvalue weighted by Gasteiger charge is -2.34. The smallest absolute Gasteiger partial charge is 0.307 e. The lowest BCUT2D eigenvalue weighted by Crippen LogP contribution is -2.51. The zero-order chi connectivity index (χ0) is 23.0. The van der Waals surface area contributed by atoms with Crippen LogP contribution < -0.4 is 0 Å². The van der Waals surface area contributed by atoms with E-state index in [4.69, 9.17) is 9.15 Å². The van der Waals surface area contributed by atoms with Crippen molar-refractivity contribution in [2.75, 3.05) is 32.8 Å². The van der Waals surface area contributed by atoms with Gasteiger partial charge in [0.15, 0.2) is 12.4 Å². The van der Waals surface area contributed by atoms with E-state index in [0.717, 1.165) is 11.1 Å². The molecule has 2 aromatic carbocycles. The minimum absolute atomic E-state index is 0.146. The second-order valence-corrected chi connectivity index (χ2v) is 7.89. The standard InChI is InChI=1S/C26H26N2O5/c29-24(27-13-15-28(16-14-27)26(31)23-12-7-17-32-23)19-33-25(30)18-22(20-8-3-1-4-9-20)21-10-5-2-6-11-21/h1-12,17,22H,13-16,18-19H2. The van der Waals surface area contributed by atoms with Crippen molar-refractivity contribution in [1.29, 1.82) is 0 Å². The maximum atomic E-state index is 12.6. The molecule has 2 amide bonds. The van der Waals surface area contributed by atoms with Gasteiger partial charge in [0.1, 0.15) is 0 Å². The first-order valence-electron chi connectivity index (χ1n) is 11.0. The third-order valence-corrected chi connectivity index (χ3v) is 5.78. The maximum Gasteiger partial charge on any atom is 0.307 e. The first kappa shape index (κ1) is 22.3. The number of esters is 1. The highest BCUT2D eigenvalue weighted by molar-refractivity contribution is 5.91. The molecule has 33 heavy (non-hydrogen) atoms. The van der Waals surface area contributed by atoms with Gasteiger partial charge in [-0.1, -0.05) is 60.7 Å². The van der Waals surface area contributed by atoms with Crippen molar-refractivity contribution in [3.8, 4) is 0 Å². The maximum absolute atomic E-state index is 12.6. The number of piperazine rings is 1. The quantitative estimate of drug-likeness (QED) is 0.520. The highest BCUT2D eigenvalue weighted by Gasteiger charge is 2.27. The van der Waals surface area contributed by atoms with Crippen LogP contribution in [-0.2, 0) is 14.3 Å². The Morgan fingerprint density at radius 1 is 0.788 bits per heavy atom. The molecule has 170 valence electrons. The van der Waals surface area contributed by atoms with Crippen LogP contribution in [0.15, 0.2) is 83.5 Å². The van der Waals surface area contributed by atoms with E-state index in [2.05, 4.69) is 0 Å². The molecule has 0 spiro atoms. The van der Waals surface area contributed by atoms with Gasteiger partial charge >= 0.3 is 5.97 Å². The Morgan fingerprint density at radius 3 is 1.91 bits per heavy atom. The van der Waals surface area contributed by atoms with E-state index >= 15 is 0 Å². The number of amides is 2. The average Bonchev–Trinajstić information content (AvgIpc) is 3.42. The molecule has 0 unspecified atom stereocenters. The molecule has 7 nitrogen and oxygen atoms in total. The van der Waals surface area contributed by atoms with E-state index < -0.39 is 5.97 Å². The number of carbonyl (C=O) groups excluding carboxylic acids is 3. The van der Waals surface area contributed by atoms with Crippen molar-refractivity contribution in [2.24, 2.45) is 0 Å². The zero-order valence-electron chi connectivity index (χ0n) is 18.3. The zero-order valence-corrected chi connectivity index (χ0v) is 18.3. The van der Waals surface area contributed by atoms with Crippen molar-refractivity contribution < 1.29 is 23.5 Å². The van der Waals surface area contributed by atoms with E-state index in [1.807, 2.05) is 60.7 Å². The van der Waals surface area contributed by atoms with Crippen LogP contribution in [0, 0.1) is 0 Å². The van der Waals surface area contributed by atoms with Gasteiger partial charge in [-0.3, -0.25) is 14.4 Å². The molecule has 2 heterocycles.